The second-order valence-corrected chi connectivity index (χ2v) is 6.49. The van der Waals surface area contributed by atoms with Crippen LogP contribution < -0.4 is 10.9 Å². The van der Waals surface area contributed by atoms with Gasteiger partial charge in [0.2, 0.25) is 0 Å². The molecule has 2 unspecified atom stereocenters. The smallest absolute Gasteiger partial charge is 0.326 e. The van der Waals surface area contributed by atoms with Crippen LogP contribution in [0.5, 0.6) is 0 Å². The summed E-state index contributed by atoms with van der Waals surface area (Å²) in [7, 11) is 0. The lowest BCUT2D eigenvalue weighted by Crippen LogP contribution is -2.49. The summed E-state index contributed by atoms with van der Waals surface area (Å²) in [5.74, 6) is -2.02. The molecular formula is C17H22N2O5. The molecule has 1 fully saturated rings. The Morgan fingerprint density at radius 1 is 1.29 bits per heavy atom. The lowest BCUT2D eigenvalue weighted by molar-refractivity contribution is -0.142. The van der Waals surface area contributed by atoms with E-state index in [0.717, 1.165) is 43.4 Å². The zero-order valence-corrected chi connectivity index (χ0v) is 13.5. The van der Waals surface area contributed by atoms with Crippen molar-refractivity contribution in [1.82, 2.24) is 10.3 Å². The lowest BCUT2D eigenvalue weighted by Gasteiger charge is -2.28. The number of fused-ring (bicyclic) bond motifs is 1. The predicted molar refractivity (Wildman–Crippen MR) is 86.1 cm³/mol. The highest BCUT2D eigenvalue weighted by atomic mass is 16.5. The first-order valence-electron chi connectivity index (χ1n) is 8.42. The molecule has 2 aliphatic rings. The van der Waals surface area contributed by atoms with Gasteiger partial charge in [-0.15, -0.1) is 0 Å². The molecule has 2 heterocycles. The summed E-state index contributed by atoms with van der Waals surface area (Å²) in [5.41, 5.74) is 1.38. The third kappa shape index (κ3) is 3.51. The number of carbonyl (C=O) groups is 2. The Hall–Kier alpha value is -2.15. The SMILES string of the molecule is O=C(NC(C(=O)O)C1CCCOC1)c1cc2c([nH]c1=O)CCCC2. The highest BCUT2D eigenvalue weighted by Crippen LogP contribution is 2.20. The number of aromatic nitrogens is 1. The highest BCUT2D eigenvalue weighted by Gasteiger charge is 2.32. The van der Waals surface area contributed by atoms with Crippen LogP contribution in [0.2, 0.25) is 0 Å². The molecule has 1 aromatic rings. The Balaban J connectivity index is 1.80. The van der Waals surface area contributed by atoms with Gasteiger partial charge in [-0.2, -0.15) is 0 Å². The number of ether oxygens (including phenoxy) is 1. The van der Waals surface area contributed by atoms with E-state index in [0.29, 0.717) is 19.6 Å². The fraction of sp³-hybridized carbons (Fsp3) is 0.588. The average molecular weight is 334 g/mol. The van der Waals surface area contributed by atoms with E-state index in [2.05, 4.69) is 10.3 Å². The molecule has 0 saturated carbocycles. The van der Waals surface area contributed by atoms with E-state index < -0.39 is 23.5 Å². The predicted octanol–water partition coefficient (Wildman–Crippen LogP) is 0.863. The van der Waals surface area contributed by atoms with Gasteiger partial charge in [-0.25, -0.2) is 4.79 Å². The first-order valence-corrected chi connectivity index (χ1v) is 8.42. The molecule has 1 amide bonds. The largest absolute Gasteiger partial charge is 0.480 e. The van der Waals surface area contributed by atoms with Gasteiger partial charge >= 0.3 is 5.97 Å². The lowest BCUT2D eigenvalue weighted by atomic mass is 9.93. The normalized spacial score (nSPS) is 21.6. The minimum absolute atomic E-state index is 0.0152. The number of amides is 1. The molecular weight excluding hydrogens is 312 g/mol. The van der Waals surface area contributed by atoms with Crippen LogP contribution >= 0.6 is 0 Å². The van der Waals surface area contributed by atoms with Gasteiger partial charge in [0, 0.05) is 18.2 Å². The number of H-pyrrole nitrogens is 1. The van der Waals surface area contributed by atoms with Crippen LogP contribution in [0.4, 0.5) is 0 Å². The van der Waals surface area contributed by atoms with Crippen LogP contribution in [-0.2, 0) is 22.4 Å². The second kappa shape index (κ2) is 7.17. The number of hydrogen-bond acceptors (Lipinski definition) is 4. The molecule has 0 spiro atoms. The number of aryl methyl sites for hydroxylation is 2. The van der Waals surface area contributed by atoms with Gasteiger partial charge in [0.1, 0.15) is 11.6 Å². The molecule has 7 heteroatoms. The summed E-state index contributed by atoms with van der Waals surface area (Å²) in [6, 6.07) is 0.562. The molecule has 3 rings (SSSR count). The number of aromatic amines is 1. The van der Waals surface area contributed by atoms with Gasteiger partial charge in [0.15, 0.2) is 0 Å². The molecule has 0 aromatic carbocycles. The summed E-state index contributed by atoms with van der Waals surface area (Å²) < 4.78 is 5.32. The van der Waals surface area contributed by atoms with Crippen molar-refractivity contribution in [3.8, 4) is 0 Å². The zero-order chi connectivity index (χ0) is 17.1. The zero-order valence-electron chi connectivity index (χ0n) is 13.5. The monoisotopic (exact) mass is 334 g/mol. The van der Waals surface area contributed by atoms with Crippen LogP contribution in [0.25, 0.3) is 0 Å². The summed E-state index contributed by atoms with van der Waals surface area (Å²) >= 11 is 0. The molecule has 0 radical (unpaired) electrons. The standard InChI is InChI=1S/C17H22N2O5/c20-15-12(8-10-4-1-2-6-13(10)18-15)16(21)19-14(17(22)23)11-5-3-7-24-9-11/h8,11,14H,1-7,9H2,(H,18,20)(H,19,21)(H,22,23). The molecule has 2 atom stereocenters. The number of pyridine rings is 1. The Kier molecular flexibility index (Phi) is 4.99. The van der Waals surface area contributed by atoms with Crippen molar-refractivity contribution < 1.29 is 19.4 Å². The van der Waals surface area contributed by atoms with Crippen molar-refractivity contribution in [3.63, 3.8) is 0 Å². The highest BCUT2D eigenvalue weighted by molar-refractivity contribution is 5.96. The minimum Gasteiger partial charge on any atom is -0.480 e. The van der Waals surface area contributed by atoms with E-state index >= 15 is 0 Å². The van der Waals surface area contributed by atoms with Crippen molar-refractivity contribution in [1.29, 1.82) is 0 Å². The molecule has 3 N–H and O–H groups in total. The first-order chi connectivity index (χ1) is 11.6. The van der Waals surface area contributed by atoms with Gasteiger partial charge in [0.25, 0.3) is 11.5 Å². The molecule has 1 aliphatic heterocycles. The van der Waals surface area contributed by atoms with Gasteiger partial charge in [-0.05, 0) is 50.2 Å². The fourth-order valence-corrected chi connectivity index (χ4v) is 3.47. The third-order valence-electron chi connectivity index (χ3n) is 4.80. The Morgan fingerprint density at radius 2 is 2.08 bits per heavy atom. The number of carboxylic acids is 1. The number of hydrogen-bond donors (Lipinski definition) is 3. The van der Waals surface area contributed by atoms with Gasteiger partial charge in [-0.3, -0.25) is 9.59 Å². The van der Waals surface area contributed by atoms with E-state index in [-0.39, 0.29) is 11.5 Å². The van der Waals surface area contributed by atoms with Gasteiger partial charge < -0.3 is 20.1 Å². The average Bonchev–Trinajstić information content (AvgIpc) is 2.59. The van der Waals surface area contributed by atoms with Crippen molar-refractivity contribution in [2.24, 2.45) is 5.92 Å². The number of carboxylic acid groups (broad SMARTS) is 1. The summed E-state index contributed by atoms with van der Waals surface area (Å²) in [5, 5.41) is 11.9. The summed E-state index contributed by atoms with van der Waals surface area (Å²) in [6.45, 7) is 0.916. The topological polar surface area (TPSA) is 108 Å². The molecule has 130 valence electrons. The first kappa shape index (κ1) is 16.7. The van der Waals surface area contributed by atoms with E-state index in [1.165, 1.54) is 0 Å². The van der Waals surface area contributed by atoms with E-state index in [1.54, 1.807) is 6.07 Å². The van der Waals surface area contributed by atoms with Crippen LogP contribution in [0.3, 0.4) is 0 Å². The molecule has 1 aromatic heterocycles. The molecule has 7 nitrogen and oxygen atoms in total. The van der Waals surface area contributed by atoms with Crippen molar-refractivity contribution in [2.45, 2.75) is 44.6 Å². The fourth-order valence-electron chi connectivity index (χ4n) is 3.47. The number of nitrogens with one attached hydrogen (secondary N) is 2. The molecule has 0 bridgehead atoms. The number of carbonyl (C=O) groups excluding carboxylic acids is 1. The van der Waals surface area contributed by atoms with Crippen LogP contribution in [0.15, 0.2) is 10.9 Å². The molecule has 1 aliphatic carbocycles. The van der Waals surface area contributed by atoms with Gasteiger partial charge in [0.05, 0.1) is 6.61 Å². The molecule has 1 saturated heterocycles. The Bertz CT molecular complexity index is 691. The summed E-state index contributed by atoms with van der Waals surface area (Å²) in [4.78, 5) is 38.9. The van der Waals surface area contributed by atoms with Gasteiger partial charge in [-0.1, -0.05) is 0 Å². The van der Waals surface area contributed by atoms with Crippen LogP contribution in [-0.4, -0.2) is 41.2 Å². The van der Waals surface area contributed by atoms with E-state index in [4.69, 9.17) is 4.74 Å². The number of aliphatic carboxylic acids is 1. The maximum absolute atomic E-state index is 12.5. The third-order valence-corrected chi connectivity index (χ3v) is 4.80. The van der Waals surface area contributed by atoms with Crippen molar-refractivity contribution in [3.05, 3.63) is 33.2 Å². The maximum atomic E-state index is 12.5. The minimum atomic E-state index is -1.10. The van der Waals surface area contributed by atoms with Crippen molar-refractivity contribution >= 4 is 11.9 Å². The van der Waals surface area contributed by atoms with Crippen molar-refractivity contribution in [2.75, 3.05) is 13.2 Å². The Morgan fingerprint density at radius 3 is 2.79 bits per heavy atom. The van der Waals surface area contributed by atoms with Crippen LogP contribution in [0.1, 0.15) is 47.3 Å². The van der Waals surface area contributed by atoms with E-state index in [9.17, 15) is 19.5 Å². The number of rotatable bonds is 4. The Labute approximate surface area is 139 Å². The van der Waals surface area contributed by atoms with E-state index in [1.807, 2.05) is 0 Å². The quantitative estimate of drug-likeness (QED) is 0.757. The summed E-state index contributed by atoms with van der Waals surface area (Å²) in [6.07, 6.45) is 5.13. The van der Waals surface area contributed by atoms with Crippen LogP contribution in [0, 0.1) is 5.92 Å². The maximum Gasteiger partial charge on any atom is 0.326 e. The molecule has 24 heavy (non-hydrogen) atoms. The second-order valence-electron chi connectivity index (χ2n) is 6.49.